The van der Waals surface area contributed by atoms with Crippen LogP contribution >= 0.6 is 23.4 Å². The Morgan fingerprint density at radius 3 is 2.82 bits per heavy atom. The highest BCUT2D eigenvalue weighted by molar-refractivity contribution is 7.99. The normalized spacial score (nSPS) is 12.8. The molecule has 3 aromatic rings. The van der Waals surface area contributed by atoms with Crippen LogP contribution in [0.5, 0.6) is 0 Å². The Labute approximate surface area is 171 Å². The molecule has 140 valence electrons. The minimum Gasteiger partial charge on any atom is -0.323 e. The van der Waals surface area contributed by atoms with Gasteiger partial charge in [-0.15, -0.1) is 0 Å². The molecule has 2 heterocycles. The summed E-state index contributed by atoms with van der Waals surface area (Å²) in [4.78, 5) is 32.6. The number of halogens is 1. The van der Waals surface area contributed by atoms with E-state index in [4.69, 9.17) is 11.6 Å². The number of nitrogens with one attached hydrogen (secondary N) is 1. The zero-order valence-electron chi connectivity index (χ0n) is 15.0. The van der Waals surface area contributed by atoms with Gasteiger partial charge in [0.05, 0.1) is 22.0 Å². The maximum atomic E-state index is 13.2. The van der Waals surface area contributed by atoms with Gasteiger partial charge in [0.15, 0.2) is 0 Å². The van der Waals surface area contributed by atoms with Crippen LogP contribution in [0.4, 0.5) is 11.4 Å². The van der Waals surface area contributed by atoms with Crippen LogP contribution in [0.15, 0.2) is 70.7 Å². The van der Waals surface area contributed by atoms with Crippen molar-refractivity contribution in [2.75, 3.05) is 16.8 Å². The van der Waals surface area contributed by atoms with Crippen molar-refractivity contribution >= 4 is 46.6 Å². The van der Waals surface area contributed by atoms with E-state index in [0.717, 1.165) is 10.5 Å². The van der Waals surface area contributed by atoms with Gasteiger partial charge in [-0.1, -0.05) is 41.6 Å². The number of fused-ring (bicyclic) bond motifs is 2. The van der Waals surface area contributed by atoms with Crippen molar-refractivity contribution in [2.45, 2.75) is 16.8 Å². The van der Waals surface area contributed by atoms with E-state index in [9.17, 15) is 9.59 Å². The van der Waals surface area contributed by atoms with Gasteiger partial charge in [-0.3, -0.25) is 14.5 Å². The van der Waals surface area contributed by atoms with E-state index >= 15 is 0 Å². The SMILES string of the molecule is Cc1ccc(NC(=O)CN2C(=O)c3ccccc3Sc3ncccc32)c(Cl)c1. The Bertz CT molecular complexity index is 1090. The Kier molecular flexibility index (Phi) is 5.07. The molecule has 0 spiro atoms. The molecule has 7 heteroatoms. The van der Waals surface area contributed by atoms with Gasteiger partial charge in [0.25, 0.3) is 5.91 Å². The van der Waals surface area contributed by atoms with E-state index in [2.05, 4.69) is 10.3 Å². The van der Waals surface area contributed by atoms with Crippen LogP contribution in [0.25, 0.3) is 0 Å². The van der Waals surface area contributed by atoms with Crippen LogP contribution < -0.4 is 10.2 Å². The summed E-state index contributed by atoms with van der Waals surface area (Å²) >= 11 is 7.63. The van der Waals surface area contributed by atoms with Gasteiger partial charge >= 0.3 is 0 Å². The number of amides is 2. The number of aromatic nitrogens is 1. The Balaban J connectivity index is 1.66. The molecule has 1 N–H and O–H groups in total. The van der Waals surface area contributed by atoms with E-state index in [-0.39, 0.29) is 18.4 Å². The van der Waals surface area contributed by atoms with Gasteiger partial charge in [-0.25, -0.2) is 4.98 Å². The van der Waals surface area contributed by atoms with Gasteiger partial charge in [-0.2, -0.15) is 0 Å². The topological polar surface area (TPSA) is 62.3 Å². The van der Waals surface area contributed by atoms with Crippen molar-refractivity contribution in [3.63, 3.8) is 0 Å². The average Bonchev–Trinajstić information content (AvgIpc) is 2.79. The van der Waals surface area contributed by atoms with E-state index < -0.39 is 0 Å². The van der Waals surface area contributed by atoms with Gasteiger partial charge in [0.1, 0.15) is 11.6 Å². The highest BCUT2D eigenvalue weighted by Gasteiger charge is 2.29. The summed E-state index contributed by atoms with van der Waals surface area (Å²) in [5.41, 5.74) is 2.67. The standard InChI is InChI=1S/C21H16ClN3O2S/c1-13-8-9-16(15(22)11-13)24-19(26)12-25-17-6-4-10-23-20(17)28-18-7-3-2-5-14(18)21(25)27/h2-11H,12H2,1H3,(H,24,26). The van der Waals surface area contributed by atoms with Crippen LogP contribution in [0.1, 0.15) is 15.9 Å². The number of carbonyl (C=O) groups excluding carboxylic acids is 2. The average molecular weight is 410 g/mol. The molecule has 2 amide bonds. The Morgan fingerprint density at radius 1 is 1.18 bits per heavy atom. The first-order valence-electron chi connectivity index (χ1n) is 8.63. The van der Waals surface area contributed by atoms with Crippen LogP contribution in [-0.2, 0) is 4.79 Å². The lowest BCUT2D eigenvalue weighted by molar-refractivity contribution is -0.114. The number of pyridine rings is 1. The minimum absolute atomic E-state index is 0.142. The van der Waals surface area contributed by atoms with Gasteiger partial charge in [-0.05, 0) is 48.9 Å². The van der Waals surface area contributed by atoms with Crippen LogP contribution in [-0.4, -0.2) is 23.3 Å². The third-order valence-corrected chi connectivity index (χ3v) is 5.71. The maximum Gasteiger partial charge on any atom is 0.259 e. The fourth-order valence-corrected chi connectivity index (χ4v) is 4.27. The molecule has 1 aliphatic rings. The molecule has 0 bridgehead atoms. The highest BCUT2D eigenvalue weighted by atomic mass is 35.5. The summed E-state index contributed by atoms with van der Waals surface area (Å²) in [6, 6.07) is 16.3. The zero-order chi connectivity index (χ0) is 19.7. The summed E-state index contributed by atoms with van der Waals surface area (Å²) in [5.74, 6) is -0.571. The van der Waals surface area contributed by atoms with E-state index in [0.29, 0.717) is 27.0 Å². The summed E-state index contributed by atoms with van der Waals surface area (Å²) in [5, 5.41) is 3.93. The van der Waals surface area contributed by atoms with Crippen molar-refractivity contribution in [3.8, 4) is 0 Å². The third-order valence-electron chi connectivity index (χ3n) is 4.31. The van der Waals surface area contributed by atoms with Crippen molar-refractivity contribution in [2.24, 2.45) is 0 Å². The predicted octanol–water partition coefficient (Wildman–Crippen LogP) is 4.79. The summed E-state index contributed by atoms with van der Waals surface area (Å²) < 4.78 is 0. The molecule has 5 nitrogen and oxygen atoms in total. The first-order valence-corrected chi connectivity index (χ1v) is 9.82. The molecular weight excluding hydrogens is 394 g/mol. The fraction of sp³-hybridized carbons (Fsp3) is 0.0952. The number of rotatable bonds is 3. The van der Waals surface area contributed by atoms with Crippen molar-refractivity contribution in [1.29, 1.82) is 0 Å². The molecule has 0 saturated heterocycles. The second-order valence-corrected chi connectivity index (χ2v) is 7.79. The molecule has 2 aromatic carbocycles. The lowest BCUT2D eigenvalue weighted by atomic mass is 10.2. The number of aryl methyl sites for hydroxylation is 1. The molecule has 0 saturated carbocycles. The van der Waals surface area contributed by atoms with Crippen molar-refractivity contribution in [3.05, 3.63) is 76.9 Å². The Morgan fingerprint density at radius 2 is 2.00 bits per heavy atom. The van der Waals surface area contributed by atoms with Gasteiger partial charge < -0.3 is 5.32 Å². The molecule has 0 unspecified atom stereocenters. The van der Waals surface area contributed by atoms with Gasteiger partial charge in [0, 0.05) is 11.1 Å². The molecule has 1 aliphatic heterocycles. The number of nitrogens with zero attached hydrogens (tertiary/aromatic N) is 2. The highest BCUT2D eigenvalue weighted by Crippen LogP contribution is 2.39. The monoisotopic (exact) mass is 409 g/mol. The first-order chi connectivity index (χ1) is 13.5. The summed E-state index contributed by atoms with van der Waals surface area (Å²) in [6.07, 6.45) is 1.68. The Hall–Kier alpha value is -2.83. The fourth-order valence-electron chi connectivity index (χ4n) is 2.97. The van der Waals surface area contributed by atoms with E-state index in [1.54, 1.807) is 36.5 Å². The molecule has 1 aromatic heterocycles. The number of hydrogen-bond acceptors (Lipinski definition) is 4. The van der Waals surface area contributed by atoms with Crippen LogP contribution in [0, 0.1) is 6.92 Å². The second kappa shape index (κ2) is 7.66. The number of anilines is 2. The van der Waals surface area contributed by atoms with Crippen LogP contribution in [0.3, 0.4) is 0 Å². The number of hydrogen-bond donors (Lipinski definition) is 1. The van der Waals surface area contributed by atoms with Crippen LogP contribution in [0.2, 0.25) is 5.02 Å². The minimum atomic E-state index is -0.335. The molecule has 4 rings (SSSR count). The molecular formula is C21H16ClN3O2S. The van der Waals surface area contributed by atoms with Crippen molar-refractivity contribution in [1.82, 2.24) is 4.98 Å². The van der Waals surface area contributed by atoms with E-state index in [1.165, 1.54) is 16.7 Å². The molecule has 0 radical (unpaired) electrons. The van der Waals surface area contributed by atoms with Crippen molar-refractivity contribution < 1.29 is 9.59 Å². The largest absolute Gasteiger partial charge is 0.323 e. The first kappa shape index (κ1) is 18.5. The smallest absolute Gasteiger partial charge is 0.259 e. The summed E-state index contributed by atoms with van der Waals surface area (Å²) in [7, 11) is 0. The number of carbonyl (C=O) groups is 2. The lowest BCUT2D eigenvalue weighted by Gasteiger charge is -2.22. The molecule has 28 heavy (non-hydrogen) atoms. The zero-order valence-corrected chi connectivity index (χ0v) is 16.6. The van der Waals surface area contributed by atoms with E-state index in [1.807, 2.05) is 31.2 Å². The number of benzene rings is 2. The lowest BCUT2D eigenvalue weighted by Crippen LogP contribution is -2.38. The maximum absolute atomic E-state index is 13.2. The van der Waals surface area contributed by atoms with Gasteiger partial charge in [0.2, 0.25) is 5.91 Å². The molecule has 0 atom stereocenters. The molecule has 0 aliphatic carbocycles. The second-order valence-electron chi connectivity index (χ2n) is 6.35. The predicted molar refractivity (Wildman–Crippen MR) is 111 cm³/mol. The quantitative estimate of drug-likeness (QED) is 0.675. The third kappa shape index (κ3) is 3.61. The summed E-state index contributed by atoms with van der Waals surface area (Å²) in [6.45, 7) is 1.78. The molecule has 0 fully saturated rings.